The number of carbonyl (C=O) groups excluding carboxylic acids is 1. The number of halogens is 3. The van der Waals surface area contributed by atoms with Crippen molar-refractivity contribution in [2.24, 2.45) is 0 Å². The van der Waals surface area contributed by atoms with Crippen molar-refractivity contribution < 1.29 is 23.0 Å². The lowest BCUT2D eigenvalue weighted by Gasteiger charge is -2.47. The Labute approximate surface area is 174 Å². The Morgan fingerprint density at radius 2 is 1.72 bits per heavy atom. The molecule has 2 atom stereocenters. The van der Waals surface area contributed by atoms with Gasteiger partial charge in [-0.05, 0) is 28.7 Å². The maximum absolute atomic E-state index is 15.6. The number of ketones is 1. The van der Waals surface area contributed by atoms with Gasteiger partial charge < -0.3 is 9.47 Å². The SMILES string of the molecule is C=C1CO[C@]2(O[C@H]1c1ccc(Br)cc1)c1cccc3cccc(c13)C(=O)C2(F)F. The summed E-state index contributed by atoms with van der Waals surface area (Å²) in [6.07, 6.45) is -0.837. The third kappa shape index (κ3) is 2.49. The first-order valence-electron chi connectivity index (χ1n) is 9.05. The normalized spacial score (nSPS) is 25.6. The molecule has 3 nitrogen and oxygen atoms in total. The number of alkyl halides is 2. The second-order valence-corrected chi connectivity index (χ2v) is 8.14. The molecule has 3 aromatic carbocycles. The van der Waals surface area contributed by atoms with Crippen molar-refractivity contribution in [2.75, 3.05) is 6.61 Å². The van der Waals surface area contributed by atoms with Crippen molar-refractivity contribution in [3.63, 3.8) is 0 Å². The molecule has 1 heterocycles. The van der Waals surface area contributed by atoms with Crippen molar-refractivity contribution in [2.45, 2.75) is 17.8 Å². The molecule has 0 bridgehead atoms. The van der Waals surface area contributed by atoms with Crippen LogP contribution in [0.4, 0.5) is 8.78 Å². The first-order valence-corrected chi connectivity index (χ1v) is 9.84. The Morgan fingerprint density at radius 3 is 2.45 bits per heavy atom. The van der Waals surface area contributed by atoms with Gasteiger partial charge in [0.15, 0.2) is 0 Å². The fraction of sp³-hybridized carbons (Fsp3) is 0.174. The summed E-state index contributed by atoms with van der Waals surface area (Å²) >= 11 is 3.37. The summed E-state index contributed by atoms with van der Waals surface area (Å²) in [5.41, 5.74) is 1.30. The lowest BCUT2D eigenvalue weighted by Crippen LogP contribution is -2.59. The number of Topliss-reactive ketones (excluding diaryl/α,β-unsaturated/α-hetero) is 1. The number of hydrogen-bond donors (Lipinski definition) is 0. The van der Waals surface area contributed by atoms with E-state index < -0.39 is 23.6 Å². The topological polar surface area (TPSA) is 35.5 Å². The van der Waals surface area contributed by atoms with Gasteiger partial charge in [-0.25, -0.2) is 0 Å². The van der Waals surface area contributed by atoms with Gasteiger partial charge in [-0.2, -0.15) is 8.78 Å². The number of rotatable bonds is 1. The summed E-state index contributed by atoms with van der Waals surface area (Å²) in [4.78, 5) is 12.8. The van der Waals surface area contributed by atoms with Gasteiger partial charge in [0.2, 0.25) is 5.78 Å². The Morgan fingerprint density at radius 1 is 1.03 bits per heavy atom. The van der Waals surface area contributed by atoms with Crippen LogP contribution in [0.2, 0.25) is 0 Å². The minimum Gasteiger partial charge on any atom is -0.336 e. The molecule has 3 aromatic rings. The molecule has 1 saturated heterocycles. The smallest absolute Gasteiger partial charge is 0.336 e. The second kappa shape index (κ2) is 6.29. The summed E-state index contributed by atoms with van der Waals surface area (Å²) < 4.78 is 43.6. The molecule has 0 radical (unpaired) electrons. The van der Waals surface area contributed by atoms with Gasteiger partial charge >= 0.3 is 5.92 Å². The van der Waals surface area contributed by atoms with E-state index in [1.807, 2.05) is 0 Å². The van der Waals surface area contributed by atoms with E-state index in [1.54, 1.807) is 54.6 Å². The molecule has 0 amide bonds. The molecule has 1 aliphatic heterocycles. The van der Waals surface area contributed by atoms with Crippen LogP contribution in [-0.2, 0) is 15.3 Å². The summed E-state index contributed by atoms with van der Waals surface area (Å²) in [5, 5.41) is 1.12. The highest BCUT2D eigenvalue weighted by Gasteiger charge is 2.68. The minimum atomic E-state index is -3.90. The van der Waals surface area contributed by atoms with Crippen LogP contribution in [-0.4, -0.2) is 18.3 Å². The van der Waals surface area contributed by atoms with E-state index in [1.165, 1.54) is 6.07 Å². The lowest BCUT2D eigenvalue weighted by molar-refractivity contribution is -0.357. The highest BCUT2D eigenvalue weighted by atomic mass is 79.9. The van der Waals surface area contributed by atoms with Crippen LogP contribution in [0.15, 0.2) is 77.3 Å². The first kappa shape index (κ1) is 18.6. The monoisotopic (exact) mass is 456 g/mol. The van der Waals surface area contributed by atoms with E-state index in [2.05, 4.69) is 22.5 Å². The zero-order valence-electron chi connectivity index (χ0n) is 15.1. The molecule has 0 aromatic heterocycles. The molecule has 6 heteroatoms. The van der Waals surface area contributed by atoms with Crippen molar-refractivity contribution >= 4 is 32.5 Å². The van der Waals surface area contributed by atoms with Gasteiger partial charge in [0.05, 0.1) is 6.61 Å². The van der Waals surface area contributed by atoms with E-state index in [0.29, 0.717) is 21.9 Å². The predicted molar refractivity (Wildman–Crippen MR) is 108 cm³/mol. The Hall–Kier alpha value is -2.41. The van der Waals surface area contributed by atoms with Crippen molar-refractivity contribution in [3.8, 4) is 0 Å². The van der Waals surface area contributed by atoms with Crippen molar-refractivity contribution in [1.29, 1.82) is 0 Å². The van der Waals surface area contributed by atoms with Gasteiger partial charge in [0.25, 0.3) is 5.79 Å². The number of benzene rings is 3. The quantitative estimate of drug-likeness (QED) is 0.425. The number of hydrogen-bond acceptors (Lipinski definition) is 3. The van der Waals surface area contributed by atoms with E-state index in [0.717, 1.165) is 4.47 Å². The number of fused-ring (bicyclic) bond motifs is 1. The third-order valence-corrected chi connectivity index (χ3v) is 6.02. The number of carbonyl (C=O) groups is 1. The number of ether oxygens (including phenoxy) is 2. The molecule has 146 valence electrons. The predicted octanol–water partition coefficient (Wildman–Crippen LogP) is 5.93. The highest BCUT2D eigenvalue weighted by molar-refractivity contribution is 9.10. The molecule has 1 spiro atoms. The molecule has 0 saturated carbocycles. The average molecular weight is 457 g/mol. The Balaban J connectivity index is 1.74. The van der Waals surface area contributed by atoms with Crippen LogP contribution < -0.4 is 0 Å². The van der Waals surface area contributed by atoms with Crippen LogP contribution in [0.25, 0.3) is 10.8 Å². The largest absolute Gasteiger partial charge is 0.366 e. The summed E-state index contributed by atoms with van der Waals surface area (Å²) in [5.74, 6) is -7.72. The maximum atomic E-state index is 15.6. The maximum Gasteiger partial charge on any atom is 0.366 e. The van der Waals surface area contributed by atoms with Crippen LogP contribution in [0.1, 0.15) is 27.6 Å². The van der Waals surface area contributed by atoms with Crippen molar-refractivity contribution in [3.05, 3.63) is 94.0 Å². The van der Waals surface area contributed by atoms with E-state index in [4.69, 9.17) is 9.47 Å². The van der Waals surface area contributed by atoms with Gasteiger partial charge in [0.1, 0.15) is 6.10 Å². The molecule has 1 aliphatic carbocycles. The van der Waals surface area contributed by atoms with Crippen molar-refractivity contribution in [1.82, 2.24) is 0 Å². The first-order chi connectivity index (χ1) is 13.8. The molecule has 29 heavy (non-hydrogen) atoms. The zero-order chi connectivity index (χ0) is 20.4. The molecule has 0 unspecified atom stereocenters. The zero-order valence-corrected chi connectivity index (χ0v) is 16.7. The molecule has 2 aliphatic rings. The third-order valence-electron chi connectivity index (χ3n) is 5.49. The molecule has 1 fully saturated rings. The fourth-order valence-corrected chi connectivity index (χ4v) is 4.36. The molecular formula is C23H15BrF2O3. The fourth-order valence-electron chi connectivity index (χ4n) is 4.09. The minimum absolute atomic E-state index is 0.0227. The summed E-state index contributed by atoms with van der Waals surface area (Å²) in [6.45, 7) is 3.79. The van der Waals surface area contributed by atoms with Crippen LogP contribution in [0, 0.1) is 0 Å². The van der Waals surface area contributed by atoms with Gasteiger partial charge in [-0.15, -0.1) is 0 Å². The lowest BCUT2D eigenvalue weighted by atomic mass is 9.80. The average Bonchev–Trinajstić information content (AvgIpc) is 2.72. The summed E-state index contributed by atoms with van der Waals surface area (Å²) in [6, 6.07) is 16.9. The van der Waals surface area contributed by atoms with E-state index in [-0.39, 0.29) is 17.7 Å². The molecular weight excluding hydrogens is 442 g/mol. The Kier molecular flexibility index (Phi) is 4.04. The van der Waals surface area contributed by atoms with Crippen LogP contribution >= 0.6 is 15.9 Å². The molecule has 5 rings (SSSR count). The van der Waals surface area contributed by atoms with Gasteiger partial charge in [0, 0.05) is 21.0 Å². The van der Waals surface area contributed by atoms with Crippen LogP contribution in [0.5, 0.6) is 0 Å². The van der Waals surface area contributed by atoms with Gasteiger partial charge in [-0.1, -0.05) is 71.0 Å². The highest BCUT2D eigenvalue weighted by Crippen LogP contribution is 2.55. The van der Waals surface area contributed by atoms with Gasteiger partial charge in [-0.3, -0.25) is 4.79 Å². The second-order valence-electron chi connectivity index (χ2n) is 7.23. The Bertz CT molecular complexity index is 1170. The van der Waals surface area contributed by atoms with E-state index >= 15 is 8.78 Å². The molecule has 0 N–H and O–H groups in total. The standard InChI is InChI=1S/C23H15BrF2O3/c1-13-12-28-23(29-20(13)15-8-10-16(24)11-9-15)18-7-3-5-14-4-2-6-17(19(14)18)21(27)22(23,25)26/h2-11,20H,1,12H2/t20-,23+/m1/s1. The van der Waals surface area contributed by atoms with E-state index in [9.17, 15) is 4.79 Å². The van der Waals surface area contributed by atoms with Crippen LogP contribution in [0.3, 0.4) is 0 Å². The summed E-state index contributed by atoms with van der Waals surface area (Å²) in [7, 11) is 0.